The summed E-state index contributed by atoms with van der Waals surface area (Å²) < 4.78 is 49.8. The molecule has 0 saturated carbocycles. The largest absolute Gasteiger partial charge is 0.496 e. The first-order valence-corrected chi connectivity index (χ1v) is 11.9. The quantitative estimate of drug-likeness (QED) is 0.535. The molecule has 0 spiro atoms. The van der Waals surface area contributed by atoms with E-state index in [-0.39, 0.29) is 4.90 Å². The minimum Gasteiger partial charge on any atom is -0.496 e. The van der Waals surface area contributed by atoms with Crippen molar-refractivity contribution in [2.24, 2.45) is 0 Å². The number of methoxy groups -OCH3 is 4. The fraction of sp³-hybridized carbons (Fsp3) is 0.429. The van der Waals surface area contributed by atoms with Crippen LogP contribution in [-0.2, 0) is 16.6 Å². The van der Waals surface area contributed by atoms with Crippen molar-refractivity contribution < 1.29 is 27.4 Å². The summed E-state index contributed by atoms with van der Waals surface area (Å²) in [6, 6.07) is 8.47. The minimum absolute atomic E-state index is 0.194. The number of hydrogen-bond acceptors (Lipinski definition) is 7. The Balaban J connectivity index is 1.70. The Morgan fingerprint density at radius 2 is 1.42 bits per heavy atom. The predicted molar refractivity (Wildman–Crippen MR) is 121 cm³/mol. The molecule has 1 aliphatic rings. The zero-order chi connectivity index (χ0) is 22.6. The smallest absolute Gasteiger partial charge is 0.243 e. The van der Waals surface area contributed by atoms with Crippen molar-refractivity contribution in [3.63, 3.8) is 0 Å². The lowest BCUT2D eigenvalue weighted by Gasteiger charge is -2.34. The molecule has 3 rings (SSSR count). The highest BCUT2D eigenvalue weighted by Gasteiger charge is 2.29. The molecular weight excluding hydrogens is 488 g/mol. The average molecular weight is 515 g/mol. The van der Waals surface area contributed by atoms with Gasteiger partial charge >= 0.3 is 0 Å². The van der Waals surface area contributed by atoms with Gasteiger partial charge in [0.2, 0.25) is 10.0 Å². The summed E-state index contributed by atoms with van der Waals surface area (Å²) in [5.41, 5.74) is 1.01. The van der Waals surface area contributed by atoms with E-state index in [1.165, 1.54) is 24.6 Å². The Morgan fingerprint density at radius 1 is 0.806 bits per heavy atom. The van der Waals surface area contributed by atoms with Crippen LogP contribution in [0.25, 0.3) is 0 Å². The van der Waals surface area contributed by atoms with Crippen LogP contribution < -0.4 is 18.9 Å². The molecule has 0 unspecified atom stereocenters. The minimum atomic E-state index is -3.62. The molecule has 2 aromatic carbocycles. The van der Waals surface area contributed by atoms with E-state index < -0.39 is 10.0 Å². The van der Waals surface area contributed by atoms with E-state index in [9.17, 15) is 8.42 Å². The summed E-state index contributed by atoms with van der Waals surface area (Å²) >= 11 is 3.51. The molecule has 0 radical (unpaired) electrons. The molecule has 2 aromatic rings. The lowest BCUT2D eigenvalue weighted by Crippen LogP contribution is -2.48. The van der Waals surface area contributed by atoms with Crippen molar-refractivity contribution in [1.82, 2.24) is 9.21 Å². The Morgan fingerprint density at radius 3 is 2.00 bits per heavy atom. The maximum atomic E-state index is 13.1. The zero-order valence-corrected chi connectivity index (χ0v) is 20.5. The average Bonchev–Trinajstić information content (AvgIpc) is 2.79. The first kappa shape index (κ1) is 23.6. The molecule has 0 aromatic heterocycles. The van der Waals surface area contributed by atoms with Crippen LogP contribution >= 0.6 is 15.9 Å². The van der Waals surface area contributed by atoms with E-state index in [0.717, 1.165) is 15.8 Å². The van der Waals surface area contributed by atoms with Crippen molar-refractivity contribution in [3.8, 4) is 23.0 Å². The van der Waals surface area contributed by atoms with Gasteiger partial charge in [-0.25, -0.2) is 8.42 Å². The predicted octanol–water partition coefficient (Wildman–Crippen LogP) is 2.99. The van der Waals surface area contributed by atoms with Gasteiger partial charge < -0.3 is 18.9 Å². The Hall–Kier alpha value is -2.01. The van der Waals surface area contributed by atoms with Gasteiger partial charge in [0.15, 0.2) is 11.5 Å². The van der Waals surface area contributed by atoms with E-state index in [4.69, 9.17) is 18.9 Å². The van der Waals surface area contributed by atoms with Crippen molar-refractivity contribution in [1.29, 1.82) is 0 Å². The molecule has 31 heavy (non-hydrogen) atoms. The molecule has 1 saturated heterocycles. The van der Waals surface area contributed by atoms with Crippen LogP contribution in [0.15, 0.2) is 39.7 Å². The number of benzene rings is 2. The van der Waals surface area contributed by atoms with Gasteiger partial charge in [0.1, 0.15) is 11.5 Å². The van der Waals surface area contributed by atoms with Crippen LogP contribution in [0.3, 0.4) is 0 Å². The summed E-state index contributed by atoms with van der Waals surface area (Å²) in [5.74, 6) is 2.32. The van der Waals surface area contributed by atoms with Crippen LogP contribution in [0.1, 0.15) is 5.56 Å². The Kier molecular flexibility index (Phi) is 7.68. The van der Waals surface area contributed by atoms with Gasteiger partial charge in [0.25, 0.3) is 0 Å². The van der Waals surface area contributed by atoms with E-state index in [2.05, 4.69) is 20.8 Å². The number of nitrogens with zero attached hydrogens (tertiary/aromatic N) is 2. The highest BCUT2D eigenvalue weighted by atomic mass is 79.9. The molecule has 0 aliphatic carbocycles. The molecule has 0 atom stereocenters. The second-order valence-electron chi connectivity index (χ2n) is 7.00. The van der Waals surface area contributed by atoms with Gasteiger partial charge in [-0.2, -0.15) is 4.31 Å². The first-order valence-electron chi connectivity index (χ1n) is 9.69. The van der Waals surface area contributed by atoms with Crippen LogP contribution in [-0.4, -0.2) is 72.2 Å². The maximum Gasteiger partial charge on any atom is 0.243 e. The maximum absolute atomic E-state index is 13.1. The molecule has 0 N–H and O–H groups in total. The van der Waals surface area contributed by atoms with Gasteiger partial charge in [-0.15, -0.1) is 0 Å². The number of piperazine rings is 1. The van der Waals surface area contributed by atoms with E-state index in [0.29, 0.717) is 50.0 Å². The molecular formula is C21H27BrN2O6S. The summed E-state index contributed by atoms with van der Waals surface area (Å²) in [6.07, 6.45) is 0. The number of rotatable bonds is 8. The van der Waals surface area contributed by atoms with E-state index in [1.54, 1.807) is 26.4 Å². The van der Waals surface area contributed by atoms with Crippen molar-refractivity contribution in [3.05, 3.63) is 40.4 Å². The molecule has 0 bridgehead atoms. The number of ether oxygens (including phenoxy) is 4. The number of halogens is 1. The highest BCUT2D eigenvalue weighted by molar-refractivity contribution is 9.10. The lowest BCUT2D eigenvalue weighted by molar-refractivity contribution is 0.180. The number of sulfonamides is 1. The number of hydrogen-bond donors (Lipinski definition) is 0. The molecule has 1 heterocycles. The molecule has 0 amide bonds. The van der Waals surface area contributed by atoms with Crippen LogP contribution in [0, 0.1) is 0 Å². The second-order valence-corrected chi connectivity index (χ2v) is 9.79. The van der Waals surface area contributed by atoms with Crippen molar-refractivity contribution in [2.45, 2.75) is 11.4 Å². The van der Waals surface area contributed by atoms with E-state index >= 15 is 0 Å². The summed E-state index contributed by atoms with van der Waals surface area (Å²) in [6.45, 7) is 2.67. The van der Waals surface area contributed by atoms with Gasteiger partial charge in [-0.3, -0.25) is 4.90 Å². The van der Waals surface area contributed by atoms with E-state index in [1.807, 2.05) is 12.1 Å². The molecule has 1 fully saturated rings. The van der Waals surface area contributed by atoms with Crippen LogP contribution in [0.5, 0.6) is 23.0 Å². The van der Waals surface area contributed by atoms with Crippen molar-refractivity contribution in [2.75, 3.05) is 54.6 Å². The Labute approximate surface area is 191 Å². The van der Waals surface area contributed by atoms with Crippen LogP contribution in [0.2, 0.25) is 0 Å². The third-order valence-electron chi connectivity index (χ3n) is 5.27. The fourth-order valence-corrected chi connectivity index (χ4v) is 5.53. The first-order chi connectivity index (χ1) is 14.8. The highest BCUT2D eigenvalue weighted by Crippen LogP contribution is 2.34. The molecule has 10 heteroatoms. The molecule has 1 aliphatic heterocycles. The third kappa shape index (κ3) is 5.08. The fourth-order valence-electron chi connectivity index (χ4n) is 3.54. The zero-order valence-electron chi connectivity index (χ0n) is 18.1. The Bertz CT molecular complexity index is 1020. The monoisotopic (exact) mass is 514 g/mol. The summed E-state index contributed by atoms with van der Waals surface area (Å²) in [4.78, 5) is 2.40. The van der Waals surface area contributed by atoms with Gasteiger partial charge in [0, 0.05) is 50.4 Å². The third-order valence-corrected chi connectivity index (χ3v) is 7.79. The van der Waals surface area contributed by atoms with Gasteiger partial charge in [-0.1, -0.05) is 0 Å². The SMILES string of the molecule is COc1cc(OC)c(CN2CCN(S(=O)(=O)c3ccc(OC)c(OC)c3)CC2)cc1Br. The van der Waals surface area contributed by atoms with Gasteiger partial charge in [-0.05, 0) is 34.1 Å². The molecule has 8 nitrogen and oxygen atoms in total. The molecule has 170 valence electrons. The van der Waals surface area contributed by atoms with Crippen LogP contribution in [0.4, 0.5) is 0 Å². The second kappa shape index (κ2) is 10.1. The topological polar surface area (TPSA) is 77.5 Å². The summed E-state index contributed by atoms with van der Waals surface area (Å²) in [5, 5.41) is 0. The van der Waals surface area contributed by atoms with Crippen molar-refractivity contribution >= 4 is 26.0 Å². The lowest BCUT2D eigenvalue weighted by atomic mass is 10.1. The normalized spacial score (nSPS) is 15.5. The standard InChI is InChI=1S/C21H27BrN2O6S/c1-27-18-6-5-16(12-21(18)30-4)31(25,26)24-9-7-23(8-10-24)14-15-11-17(22)20(29-3)13-19(15)28-2/h5-6,11-13H,7-10,14H2,1-4H3. The summed E-state index contributed by atoms with van der Waals surface area (Å²) in [7, 11) is 2.61. The van der Waals surface area contributed by atoms with Gasteiger partial charge in [0.05, 0.1) is 37.8 Å².